The number of allylic oxidation sites excluding steroid dienone is 6. The number of pyridine rings is 1. The standard InChI is InChI=1S/C25H32N4O/c1-17(2)8-6-9-18(3)10-7-11-19(4)12-14-22-20(5)27-24-15-13-21(28-29-26)16-23(24)25(22)30/h8,10,12-13,15-16H,6-7,9,11,14H2,1-5H3,(H,27,30)/b18-10+,19-12+. The Morgan fingerprint density at radius 3 is 2.40 bits per heavy atom. The molecule has 2 aromatic rings. The summed E-state index contributed by atoms with van der Waals surface area (Å²) >= 11 is 0. The minimum Gasteiger partial charge on any atom is -0.358 e. The minimum absolute atomic E-state index is 0.00435. The third-order valence-electron chi connectivity index (χ3n) is 5.23. The number of aromatic amines is 1. The first-order chi connectivity index (χ1) is 14.3. The fourth-order valence-electron chi connectivity index (χ4n) is 3.41. The summed E-state index contributed by atoms with van der Waals surface area (Å²) in [5.41, 5.74) is 15.5. The van der Waals surface area contributed by atoms with Crippen molar-refractivity contribution in [2.24, 2.45) is 5.11 Å². The van der Waals surface area contributed by atoms with Gasteiger partial charge in [-0.15, -0.1) is 0 Å². The Morgan fingerprint density at radius 1 is 1.07 bits per heavy atom. The zero-order valence-electron chi connectivity index (χ0n) is 18.7. The summed E-state index contributed by atoms with van der Waals surface area (Å²) in [4.78, 5) is 19.1. The Bertz CT molecular complexity index is 1090. The van der Waals surface area contributed by atoms with Crippen LogP contribution in [-0.4, -0.2) is 4.98 Å². The van der Waals surface area contributed by atoms with Gasteiger partial charge in [0.25, 0.3) is 0 Å². The van der Waals surface area contributed by atoms with Gasteiger partial charge in [-0.05, 0) is 84.4 Å². The molecule has 1 aromatic heterocycles. The van der Waals surface area contributed by atoms with Crippen molar-refractivity contribution in [1.29, 1.82) is 0 Å². The molecule has 2 rings (SSSR count). The first-order valence-electron chi connectivity index (χ1n) is 10.5. The molecular formula is C25H32N4O. The molecule has 0 aliphatic heterocycles. The molecule has 5 heteroatoms. The van der Waals surface area contributed by atoms with E-state index in [9.17, 15) is 4.79 Å². The van der Waals surface area contributed by atoms with Crippen LogP contribution < -0.4 is 5.43 Å². The normalized spacial score (nSPS) is 12.0. The summed E-state index contributed by atoms with van der Waals surface area (Å²) in [7, 11) is 0. The van der Waals surface area contributed by atoms with E-state index in [1.165, 1.54) is 16.7 Å². The lowest BCUT2D eigenvalue weighted by Gasteiger charge is -2.08. The molecule has 5 nitrogen and oxygen atoms in total. The van der Waals surface area contributed by atoms with Crippen LogP contribution in [0.25, 0.3) is 21.3 Å². The van der Waals surface area contributed by atoms with E-state index in [0.717, 1.165) is 42.5 Å². The van der Waals surface area contributed by atoms with Crippen molar-refractivity contribution >= 4 is 16.6 Å². The van der Waals surface area contributed by atoms with Crippen LogP contribution >= 0.6 is 0 Å². The van der Waals surface area contributed by atoms with Crippen molar-refractivity contribution in [2.45, 2.75) is 66.7 Å². The van der Waals surface area contributed by atoms with Gasteiger partial charge in [0.1, 0.15) is 0 Å². The Balaban J connectivity index is 2.08. The summed E-state index contributed by atoms with van der Waals surface area (Å²) in [6, 6.07) is 5.14. The number of rotatable bonds is 9. The van der Waals surface area contributed by atoms with Gasteiger partial charge < -0.3 is 4.98 Å². The second-order valence-corrected chi connectivity index (χ2v) is 8.14. The molecular weight excluding hydrogens is 372 g/mol. The Kier molecular flexibility index (Phi) is 8.70. The molecule has 30 heavy (non-hydrogen) atoms. The van der Waals surface area contributed by atoms with Gasteiger partial charge in [-0.2, -0.15) is 0 Å². The number of fused-ring (bicyclic) bond motifs is 1. The predicted octanol–water partition coefficient (Wildman–Crippen LogP) is 7.74. The summed E-state index contributed by atoms with van der Waals surface area (Å²) < 4.78 is 0. The third kappa shape index (κ3) is 6.78. The number of aryl methyl sites for hydroxylation is 1. The molecule has 158 valence electrons. The fourth-order valence-corrected chi connectivity index (χ4v) is 3.41. The molecule has 1 N–H and O–H groups in total. The summed E-state index contributed by atoms with van der Waals surface area (Å²) in [6.45, 7) is 10.5. The fraction of sp³-hybridized carbons (Fsp3) is 0.400. The molecule has 0 aliphatic rings. The first-order valence-corrected chi connectivity index (χ1v) is 10.5. The maximum absolute atomic E-state index is 13.0. The van der Waals surface area contributed by atoms with Crippen LogP contribution in [0.3, 0.4) is 0 Å². The second-order valence-electron chi connectivity index (χ2n) is 8.14. The average Bonchev–Trinajstić information content (AvgIpc) is 2.68. The minimum atomic E-state index is -0.00435. The third-order valence-corrected chi connectivity index (χ3v) is 5.23. The molecule has 0 radical (unpaired) electrons. The SMILES string of the molecule is CC(C)=CCC/C(C)=C/CC/C(C)=C/Cc1c(C)[nH]c2ccc(N=[N+]=[N-])cc2c1=O. The van der Waals surface area contributed by atoms with E-state index in [2.05, 4.69) is 60.9 Å². The average molecular weight is 405 g/mol. The van der Waals surface area contributed by atoms with Gasteiger partial charge in [0.15, 0.2) is 5.43 Å². The Hall–Kier alpha value is -3.04. The van der Waals surface area contributed by atoms with Crippen LogP contribution in [0.2, 0.25) is 0 Å². The van der Waals surface area contributed by atoms with Crippen LogP contribution in [0, 0.1) is 6.92 Å². The number of hydrogen-bond acceptors (Lipinski definition) is 2. The summed E-state index contributed by atoms with van der Waals surface area (Å²) in [5.74, 6) is 0. The van der Waals surface area contributed by atoms with Gasteiger partial charge in [0.05, 0.1) is 0 Å². The van der Waals surface area contributed by atoms with E-state index in [1.54, 1.807) is 18.2 Å². The molecule has 1 aromatic carbocycles. The summed E-state index contributed by atoms with van der Waals surface area (Å²) in [6.07, 6.45) is 11.6. The summed E-state index contributed by atoms with van der Waals surface area (Å²) in [5, 5.41) is 4.16. The van der Waals surface area contributed by atoms with Crippen molar-refractivity contribution in [2.75, 3.05) is 0 Å². The van der Waals surface area contributed by atoms with Crippen LogP contribution in [0.4, 0.5) is 5.69 Å². The maximum atomic E-state index is 13.0. The number of benzene rings is 1. The monoisotopic (exact) mass is 404 g/mol. The van der Waals surface area contributed by atoms with Gasteiger partial charge in [-0.3, -0.25) is 4.79 Å². The molecule has 0 bridgehead atoms. The molecule has 0 aliphatic carbocycles. The van der Waals surface area contributed by atoms with Gasteiger partial charge >= 0.3 is 0 Å². The topological polar surface area (TPSA) is 81.6 Å². The lowest BCUT2D eigenvalue weighted by molar-refractivity contribution is 0.913. The molecule has 0 unspecified atom stereocenters. The van der Waals surface area contributed by atoms with Crippen LogP contribution in [0.15, 0.2) is 63.1 Å². The van der Waals surface area contributed by atoms with Gasteiger partial charge in [0.2, 0.25) is 0 Å². The zero-order valence-corrected chi connectivity index (χ0v) is 18.7. The highest BCUT2D eigenvalue weighted by Gasteiger charge is 2.09. The predicted molar refractivity (Wildman–Crippen MR) is 127 cm³/mol. The van der Waals surface area contributed by atoms with Gasteiger partial charge in [0, 0.05) is 32.8 Å². The number of aromatic nitrogens is 1. The van der Waals surface area contributed by atoms with Crippen molar-refractivity contribution in [3.8, 4) is 0 Å². The quantitative estimate of drug-likeness (QED) is 0.197. The first kappa shape index (κ1) is 23.2. The smallest absolute Gasteiger partial charge is 0.193 e. The molecule has 0 saturated heterocycles. The number of nitrogens with zero attached hydrogens (tertiary/aromatic N) is 3. The maximum Gasteiger partial charge on any atom is 0.193 e. The Labute approximate surface area is 178 Å². The van der Waals surface area contributed by atoms with E-state index in [0.29, 0.717) is 17.5 Å². The van der Waals surface area contributed by atoms with Crippen molar-refractivity contribution in [1.82, 2.24) is 4.98 Å². The van der Waals surface area contributed by atoms with E-state index in [1.807, 2.05) is 6.92 Å². The molecule has 0 spiro atoms. The largest absolute Gasteiger partial charge is 0.358 e. The van der Waals surface area contributed by atoms with Crippen molar-refractivity contribution in [3.05, 3.63) is 85.1 Å². The van der Waals surface area contributed by atoms with Crippen molar-refractivity contribution < 1.29 is 0 Å². The number of H-pyrrole nitrogens is 1. The van der Waals surface area contributed by atoms with Gasteiger partial charge in [-0.25, -0.2) is 0 Å². The highest BCUT2D eigenvalue weighted by Crippen LogP contribution is 2.20. The highest BCUT2D eigenvalue weighted by atomic mass is 16.1. The van der Waals surface area contributed by atoms with Crippen molar-refractivity contribution in [3.63, 3.8) is 0 Å². The molecule has 1 heterocycles. The van der Waals surface area contributed by atoms with Crippen LogP contribution in [0.1, 0.15) is 64.6 Å². The molecule has 0 saturated carbocycles. The zero-order chi connectivity index (χ0) is 22.1. The van der Waals surface area contributed by atoms with Crippen LogP contribution in [-0.2, 0) is 6.42 Å². The lowest BCUT2D eigenvalue weighted by Crippen LogP contribution is -2.12. The van der Waals surface area contributed by atoms with E-state index >= 15 is 0 Å². The van der Waals surface area contributed by atoms with E-state index < -0.39 is 0 Å². The molecule has 0 atom stereocenters. The second kappa shape index (κ2) is 11.2. The Morgan fingerprint density at radius 2 is 1.73 bits per heavy atom. The molecule has 0 amide bonds. The van der Waals surface area contributed by atoms with Gasteiger partial charge in [-0.1, -0.05) is 46.1 Å². The number of nitrogens with one attached hydrogen (secondary N) is 1. The number of azide groups is 1. The number of hydrogen-bond donors (Lipinski definition) is 1. The van der Waals surface area contributed by atoms with E-state index in [-0.39, 0.29) is 5.43 Å². The van der Waals surface area contributed by atoms with E-state index in [4.69, 9.17) is 5.53 Å². The van der Waals surface area contributed by atoms with Crippen LogP contribution in [0.5, 0.6) is 0 Å². The molecule has 0 fully saturated rings. The lowest BCUT2D eigenvalue weighted by atomic mass is 10.0. The highest BCUT2D eigenvalue weighted by molar-refractivity contribution is 5.82.